The third-order valence-corrected chi connectivity index (χ3v) is 6.91. The third-order valence-electron chi connectivity index (χ3n) is 6.91. The molecular weight excluding hydrogens is 339 g/mol. The number of aryl methyl sites for hydroxylation is 1. The zero-order valence-electron chi connectivity index (χ0n) is 16.7. The Morgan fingerprint density at radius 2 is 2.04 bits per heavy atom. The van der Waals surface area contributed by atoms with Crippen molar-refractivity contribution in [2.45, 2.75) is 69.8 Å². The maximum atomic E-state index is 11.6. The summed E-state index contributed by atoms with van der Waals surface area (Å²) in [4.78, 5) is 11.6. The highest BCUT2D eigenvalue weighted by atomic mass is 16.7. The summed E-state index contributed by atoms with van der Waals surface area (Å²) in [7, 11) is 1.12. The molecule has 0 radical (unpaired) electrons. The Balaban J connectivity index is 1.48. The summed E-state index contributed by atoms with van der Waals surface area (Å²) < 4.78 is 16.7. The Morgan fingerprint density at radius 3 is 2.67 bits per heavy atom. The van der Waals surface area contributed by atoms with Crippen LogP contribution < -0.4 is 5.46 Å². The predicted octanol–water partition coefficient (Wildman–Crippen LogP) is 3.66. The summed E-state index contributed by atoms with van der Waals surface area (Å²) in [6, 6.07) is 6.72. The van der Waals surface area contributed by atoms with Gasteiger partial charge >= 0.3 is 13.1 Å². The first kappa shape index (κ1) is 18.6. The van der Waals surface area contributed by atoms with E-state index in [0.717, 1.165) is 24.7 Å². The van der Waals surface area contributed by atoms with Crippen molar-refractivity contribution in [2.75, 3.05) is 7.11 Å². The molecule has 2 fully saturated rings. The highest BCUT2D eigenvalue weighted by Gasteiger charge is 2.45. The van der Waals surface area contributed by atoms with E-state index < -0.39 is 5.60 Å². The van der Waals surface area contributed by atoms with Crippen molar-refractivity contribution >= 4 is 18.6 Å². The molecule has 0 aromatic heterocycles. The normalized spacial score (nSPS) is 28.9. The average molecular weight is 368 g/mol. The maximum Gasteiger partial charge on any atom is 0.563 e. The number of ether oxygens (including phenoxy) is 1. The molecule has 1 aromatic carbocycles. The van der Waals surface area contributed by atoms with E-state index in [9.17, 15) is 4.79 Å². The molecule has 2 aliphatic carbocycles. The zero-order valence-corrected chi connectivity index (χ0v) is 16.7. The van der Waals surface area contributed by atoms with Gasteiger partial charge in [0.2, 0.25) is 0 Å². The molecule has 5 heteroatoms. The number of esters is 1. The molecule has 0 amide bonds. The van der Waals surface area contributed by atoms with Crippen LogP contribution in [0.5, 0.6) is 0 Å². The fourth-order valence-corrected chi connectivity index (χ4v) is 5.03. The number of rotatable bonds is 3. The predicted molar refractivity (Wildman–Crippen MR) is 106 cm³/mol. The topological polar surface area (TPSA) is 44.8 Å². The van der Waals surface area contributed by atoms with E-state index in [1.54, 1.807) is 0 Å². The molecule has 27 heavy (non-hydrogen) atoms. The lowest BCUT2D eigenvalue weighted by atomic mass is 9.66. The Kier molecular flexibility index (Phi) is 4.62. The van der Waals surface area contributed by atoms with Crippen LogP contribution in [0.15, 0.2) is 30.5 Å². The average Bonchev–Trinajstić information content (AvgIpc) is 3.14. The van der Waals surface area contributed by atoms with Gasteiger partial charge in [-0.3, -0.25) is 4.79 Å². The van der Waals surface area contributed by atoms with Gasteiger partial charge in [-0.25, -0.2) is 0 Å². The standard InChI is InChI=1S/C22H29BO4/c1-15-21(2,3)27-23(26-15)18-5-6-19-17(14-18)9-12-22(19)10-7-16(8-11-22)13-20(24)25-4/h5-6,14,16H,1,7-13H2,2-4H3. The second-order valence-corrected chi connectivity index (χ2v) is 8.92. The van der Waals surface area contributed by atoms with Crippen molar-refractivity contribution < 1.29 is 18.8 Å². The monoisotopic (exact) mass is 368 g/mol. The van der Waals surface area contributed by atoms with E-state index in [1.807, 2.05) is 13.8 Å². The number of carbonyl (C=O) groups excluding carboxylic acids is 1. The first-order valence-corrected chi connectivity index (χ1v) is 10.1. The minimum atomic E-state index is -0.442. The number of methoxy groups -OCH3 is 1. The number of carbonyl (C=O) groups is 1. The SMILES string of the molecule is C=C1OB(c2ccc3c(c2)CCC32CCC(CC(=O)OC)CC2)OC1(C)C. The molecule has 1 aromatic rings. The second kappa shape index (κ2) is 6.70. The molecule has 0 atom stereocenters. The molecule has 3 aliphatic rings. The lowest BCUT2D eigenvalue weighted by Gasteiger charge is -2.38. The summed E-state index contributed by atoms with van der Waals surface area (Å²) >= 11 is 0. The maximum absolute atomic E-state index is 11.6. The first-order chi connectivity index (χ1) is 12.8. The Labute approximate surface area is 162 Å². The van der Waals surface area contributed by atoms with E-state index in [2.05, 4.69) is 24.8 Å². The molecular formula is C22H29BO4. The Bertz CT molecular complexity index is 762. The molecule has 0 N–H and O–H groups in total. The Morgan fingerprint density at radius 1 is 1.30 bits per heavy atom. The molecule has 144 valence electrons. The third kappa shape index (κ3) is 3.31. The van der Waals surface area contributed by atoms with Gasteiger partial charge in [-0.1, -0.05) is 24.8 Å². The van der Waals surface area contributed by atoms with Gasteiger partial charge < -0.3 is 14.0 Å². The van der Waals surface area contributed by atoms with E-state index >= 15 is 0 Å². The van der Waals surface area contributed by atoms with Crippen molar-refractivity contribution in [3.8, 4) is 0 Å². The van der Waals surface area contributed by atoms with E-state index in [-0.39, 0.29) is 13.1 Å². The van der Waals surface area contributed by atoms with Crippen molar-refractivity contribution in [3.05, 3.63) is 41.7 Å². The molecule has 1 saturated heterocycles. The minimum absolute atomic E-state index is 0.0755. The highest BCUT2D eigenvalue weighted by molar-refractivity contribution is 6.62. The largest absolute Gasteiger partial charge is 0.563 e. The summed E-state index contributed by atoms with van der Waals surface area (Å²) in [5.41, 5.74) is 3.86. The Hall–Kier alpha value is -1.75. The summed E-state index contributed by atoms with van der Waals surface area (Å²) in [5, 5.41) is 0. The van der Waals surface area contributed by atoms with Gasteiger partial charge in [0.25, 0.3) is 0 Å². The molecule has 0 bridgehead atoms. The molecule has 1 heterocycles. The second-order valence-electron chi connectivity index (χ2n) is 8.92. The van der Waals surface area contributed by atoms with Gasteiger partial charge in [-0.05, 0) is 80.3 Å². The number of hydrogen-bond acceptors (Lipinski definition) is 4. The van der Waals surface area contributed by atoms with E-state index in [0.29, 0.717) is 23.5 Å². The van der Waals surface area contributed by atoms with Crippen LogP contribution in [0.4, 0.5) is 0 Å². The fourth-order valence-electron chi connectivity index (χ4n) is 5.03. The van der Waals surface area contributed by atoms with Gasteiger partial charge in [0.1, 0.15) is 5.60 Å². The van der Waals surface area contributed by atoms with Crippen LogP contribution in [0.1, 0.15) is 63.5 Å². The molecule has 1 aliphatic heterocycles. The van der Waals surface area contributed by atoms with Gasteiger partial charge in [-0.15, -0.1) is 0 Å². The molecule has 1 spiro atoms. The smallest absolute Gasteiger partial charge is 0.534 e. The molecule has 4 rings (SSSR count). The van der Waals surface area contributed by atoms with Crippen LogP contribution in [0.3, 0.4) is 0 Å². The van der Waals surface area contributed by atoms with Crippen molar-refractivity contribution in [1.82, 2.24) is 0 Å². The van der Waals surface area contributed by atoms with E-state index in [1.165, 1.54) is 37.5 Å². The zero-order chi connectivity index (χ0) is 19.2. The van der Waals surface area contributed by atoms with Crippen molar-refractivity contribution in [2.24, 2.45) is 5.92 Å². The lowest BCUT2D eigenvalue weighted by molar-refractivity contribution is -0.142. The van der Waals surface area contributed by atoms with Crippen molar-refractivity contribution in [3.63, 3.8) is 0 Å². The number of fused-ring (bicyclic) bond motifs is 2. The number of benzene rings is 1. The van der Waals surface area contributed by atoms with E-state index in [4.69, 9.17) is 14.0 Å². The van der Waals surface area contributed by atoms with Crippen LogP contribution in [0, 0.1) is 5.92 Å². The highest BCUT2D eigenvalue weighted by Crippen LogP contribution is 2.50. The van der Waals surface area contributed by atoms with Crippen LogP contribution in [-0.2, 0) is 30.7 Å². The molecule has 1 saturated carbocycles. The fraction of sp³-hybridized carbons (Fsp3) is 0.591. The van der Waals surface area contributed by atoms with Crippen LogP contribution in [0.2, 0.25) is 0 Å². The molecule has 0 unspecified atom stereocenters. The van der Waals surface area contributed by atoms with Crippen LogP contribution in [-0.4, -0.2) is 25.8 Å². The van der Waals surface area contributed by atoms with Crippen LogP contribution in [0.25, 0.3) is 0 Å². The minimum Gasteiger partial charge on any atom is -0.534 e. The lowest BCUT2D eigenvalue weighted by Crippen LogP contribution is -2.35. The summed E-state index contributed by atoms with van der Waals surface area (Å²) in [5.74, 6) is 1.09. The summed E-state index contributed by atoms with van der Waals surface area (Å²) in [6.45, 7) is 7.96. The van der Waals surface area contributed by atoms with Gasteiger partial charge in [0.15, 0.2) is 0 Å². The van der Waals surface area contributed by atoms with Gasteiger partial charge in [-0.2, -0.15) is 0 Å². The van der Waals surface area contributed by atoms with Gasteiger partial charge in [0.05, 0.1) is 12.9 Å². The quantitative estimate of drug-likeness (QED) is 0.603. The van der Waals surface area contributed by atoms with Gasteiger partial charge in [0, 0.05) is 6.42 Å². The number of hydrogen-bond donors (Lipinski definition) is 0. The molecule has 4 nitrogen and oxygen atoms in total. The van der Waals surface area contributed by atoms with Crippen LogP contribution >= 0.6 is 0 Å². The van der Waals surface area contributed by atoms with Crippen molar-refractivity contribution in [1.29, 1.82) is 0 Å². The first-order valence-electron chi connectivity index (χ1n) is 10.1. The summed E-state index contributed by atoms with van der Waals surface area (Å²) in [6.07, 6.45) is 7.44.